The lowest BCUT2D eigenvalue weighted by Crippen LogP contribution is -2.22. The van der Waals surface area contributed by atoms with Crippen LogP contribution in [-0.4, -0.2) is 26.3 Å². The fraction of sp³-hybridized carbons (Fsp3) is 0. The molecule has 16 heavy (non-hydrogen) atoms. The van der Waals surface area contributed by atoms with Crippen molar-refractivity contribution in [3.63, 3.8) is 0 Å². The smallest absolute Gasteiger partial charge is 0.192 e. The first-order chi connectivity index (χ1) is 7.70. The fourth-order valence-corrected chi connectivity index (χ4v) is 2.97. The molecule has 0 unspecified atom stereocenters. The first-order valence-electron chi connectivity index (χ1n) is 5.36. The molecule has 2 aromatic rings. The van der Waals surface area contributed by atoms with Crippen molar-refractivity contribution >= 4 is 36.6 Å². The van der Waals surface area contributed by atoms with Gasteiger partial charge in [-0.25, -0.2) is 0 Å². The molecule has 1 nitrogen and oxygen atoms in total. The molecule has 0 saturated carbocycles. The summed E-state index contributed by atoms with van der Waals surface area (Å²) >= 11 is 0. The average Bonchev–Trinajstić information content (AvgIpc) is 2.29. The van der Waals surface area contributed by atoms with Gasteiger partial charge < -0.3 is 0 Å². The van der Waals surface area contributed by atoms with E-state index >= 15 is 0 Å². The average molecular weight is 242 g/mol. The van der Waals surface area contributed by atoms with Crippen molar-refractivity contribution in [1.82, 2.24) is 0 Å². The molecule has 0 aromatic heterocycles. The van der Waals surface area contributed by atoms with Crippen molar-refractivity contribution in [3.05, 3.63) is 59.7 Å². The van der Waals surface area contributed by atoms with Crippen LogP contribution in [0.3, 0.4) is 0 Å². The Balaban J connectivity index is 2.48. The second-order valence-corrected chi connectivity index (χ2v) is 6.11. The van der Waals surface area contributed by atoms with Crippen LogP contribution >= 0.6 is 0 Å². The maximum Gasteiger partial charge on any atom is 0.192 e. The zero-order valence-corrected chi connectivity index (χ0v) is 13.5. The highest BCUT2D eigenvalue weighted by atomic mass is 28.1. The van der Waals surface area contributed by atoms with E-state index in [0.717, 1.165) is 31.6 Å². The molecule has 80 valence electrons. The second-order valence-electron chi connectivity index (χ2n) is 3.96. The summed E-state index contributed by atoms with van der Waals surface area (Å²) in [4.78, 5) is 12.3. The Labute approximate surface area is 101 Å². The van der Waals surface area contributed by atoms with Crippen LogP contribution in [0.5, 0.6) is 0 Å². The lowest BCUT2D eigenvalue weighted by Gasteiger charge is -2.07. The first-order valence-corrected chi connectivity index (χ1v) is 7.36. The summed E-state index contributed by atoms with van der Waals surface area (Å²) in [5.41, 5.74) is 1.75. The first kappa shape index (κ1) is 11.0. The second kappa shape index (κ2) is 4.59. The van der Waals surface area contributed by atoms with Gasteiger partial charge in [0.05, 0.1) is 0 Å². The Morgan fingerprint density at radius 3 is 1.50 bits per heavy atom. The topological polar surface area (TPSA) is 17.1 Å². The molecule has 0 saturated heterocycles. The van der Waals surface area contributed by atoms with Gasteiger partial charge in [-0.2, -0.15) is 0 Å². The van der Waals surface area contributed by atoms with Gasteiger partial charge in [-0.3, -0.25) is 4.79 Å². The Bertz CT molecular complexity index is 487. The minimum absolute atomic E-state index is 0.177. The molecule has 0 spiro atoms. The van der Waals surface area contributed by atoms with E-state index in [-0.39, 0.29) is 5.78 Å². The molecule has 0 N–H and O–H groups in total. The quantitative estimate of drug-likeness (QED) is 0.483. The normalized spacial score (nSPS) is 10.5. The van der Waals surface area contributed by atoms with E-state index in [1.54, 1.807) is 0 Å². The predicted molar refractivity (Wildman–Crippen MR) is 75.5 cm³/mol. The highest BCUT2D eigenvalue weighted by molar-refractivity contribution is 6.41. The molecule has 0 heterocycles. The van der Waals surface area contributed by atoms with E-state index in [4.69, 9.17) is 0 Å². The van der Waals surface area contributed by atoms with Crippen molar-refractivity contribution in [3.8, 4) is 0 Å². The number of ketones is 1. The maximum atomic E-state index is 12.3. The van der Waals surface area contributed by atoms with Crippen molar-refractivity contribution in [2.45, 2.75) is 0 Å². The Morgan fingerprint density at radius 1 is 0.750 bits per heavy atom. The predicted octanol–water partition coefficient (Wildman–Crippen LogP) is -1.10. The lowest BCUT2D eigenvalue weighted by atomic mass is 10.0. The zero-order chi connectivity index (χ0) is 11.5. The summed E-state index contributed by atoms with van der Waals surface area (Å²) in [6.07, 6.45) is 0. The highest BCUT2D eigenvalue weighted by Gasteiger charge is 2.12. The van der Waals surface area contributed by atoms with Crippen LogP contribution in [0.15, 0.2) is 48.5 Å². The number of carbonyl (C=O) groups excluding carboxylic acids is 1. The molecule has 0 aliphatic carbocycles. The summed E-state index contributed by atoms with van der Waals surface area (Å²) in [6.45, 7) is 0. The minimum Gasteiger partial charge on any atom is -0.289 e. The monoisotopic (exact) mass is 242 g/mol. The van der Waals surface area contributed by atoms with E-state index in [1.165, 1.54) is 10.4 Å². The molecule has 0 fully saturated rings. The van der Waals surface area contributed by atoms with E-state index in [9.17, 15) is 4.79 Å². The molecule has 0 atom stereocenters. The Hall–Kier alpha value is -1.46. The fourth-order valence-electron chi connectivity index (χ4n) is 1.80. The summed E-state index contributed by atoms with van der Waals surface area (Å²) in [5.74, 6) is 0.177. The van der Waals surface area contributed by atoms with E-state index in [2.05, 4.69) is 0 Å². The number of hydrogen-bond acceptors (Lipinski definition) is 1. The van der Waals surface area contributed by atoms with Gasteiger partial charge in [0.15, 0.2) is 5.78 Å². The van der Waals surface area contributed by atoms with Gasteiger partial charge in [-0.05, 0) is 0 Å². The molecular formula is C13H14OSi2. The van der Waals surface area contributed by atoms with Crippen LogP contribution in [0, 0.1) is 0 Å². The Kier molecular flexibility index (Phi) is 3.17. The van der Waals surface area contributed by atoms with Gasteiger partial charge in [-0.15, -0.1) is 0 Å². The van der Waals surface area contributed by atoms with Crippen molar-refractivity contribution in [2.24, 2.45) is 0 Å². The number of carbonyl (C=O) groups is 1. The summed E-state index contributed by atoms with van der Waals surface area (Å²) < 4.78 is 0. The molecule has 2 rings (SSSR count). The molecule has 3 heteroatoms. The van der Waals surface area contributed by atoms with Gasteiger partial charge in [0.1, 0.15) is 0 Å². The van der Waals surface area contributed by atoms with Gasteiger partial charge in [0, 0.05) is 31.6 Å². The minimum atomic E-state index is 0.177. The summed E-state index contributed by atoms with van der Waals surface area (Å²) in [6, 6.07) is 15.8. The van der Waals surface area contributed by atoms with E-state index < -0.39 is 0 Å². The molecular weight excluding hydrogens is 228 g/mol. The summed E-state index contributed by atoms with van der Waals surface area (Å²) in [5, 5.41) is 2.36. The third kappa shape index (κ3) is 2.05. The largest absolute Gasteiger partial charge is 0.289 e. The SMILES string of the molecule is O=C(c1ccccc1[SiH3])c1ccccc1[SiH3]. The van der Waals surface area contributed by atoms with Gasteiger partial charge in [0.25, 0.3) is 0 Å². The van der Waals surface area contributed by atoms with Crippen LogP contribution in [0.4, 0.5) is 0 Å². The highest BCUT2D eigenvalue weighted by Crippen LogP contribution is 2.05. The van der Waals surface area contributed by atoms with E-state index in [1.807, 2.05) is 48.5 Å². The third-order valence-corrected chi connectivity index (χ3v) is 4.52. The number of hydrogen-bond donors (Lipinski definition) is 0. The van der Waals surface area contributed by atoms with Crippen molar-refractivity contribution in [1.29, 1.82) is 0 Å². The van der Waals surface area contributed by atoms with Crippen LogP contribution in [0.1, 0.15) is 15.9 Å². The molecule has 0 aliphatic rings. The van der Waals surface area contributed by atoms with Gasteiger partial charge in [0.2, 0.25) is 0 Å². The number of rotatable bonds is 2. The van der Waals surface area contributed by atoms with Crippen molar-refractivity contribution in [2.75, 3.05) is 0 Å². The van der Waals surface area contributed by atoms with E-state index in [0.29, 0.717) is 0 Å². The van der Waals surface area contributed by atoms with Crippen molar-refractivity contribution < 1.29 is 4.79 Å². The maximum absolute atomic E-state index is 12.3. The number of benzene rings is 2. The summed E-state index contributed by atoms with van der Waals surface area (Å²) in [7, 11) is 1.83. The van der Waals surface area contributed by atoms with Gasteiger partial charge in [-0.1, -0.05) is 58.9 Å². The zero-order valence-electron chi connectivity index (χ0n) is 9.53. The molecule has 2 aromatic carbocycles. The molecule has 0 amide bonds. The van der Waals surface area contributed by atoms with Crippen LogP contribution < -0.4 is 10.4 Å². The van der Waals surface area contributed by atoms with Crippen LogP contribution in [0.2, 0.25) is 0 Å². The Morgan fingerprint density at radius 2 is 1.12 bits per heavy atom. The van der Waals surface area contributed by atoms with Crippen LogP contribution in [0.25, 0.3) is 0 Å². The third-order valence-electron chi connectivity index (χ3n) is 2.78. The molecule has 0 bridgehead atoms. The van der Waals surface area contributed by atoms with Gasteiger partial charge >= 0.3 is 0 Å². The van der Waals surface area contributed by atoms with Crippen LogP contribution in [-0.2, 0) is 0 Å². The molecule has 0 aliphatic heterocycles. The standard InChI is InChI=1S/C13H14OSi2/c14-13(9-5-1-3-7-11(9)15)10-6-2-4-8-12(10)16/h1-8H,15-16H3. The molecule has 0 radical (unpaired) electrons. The lowest BCUT2D eigenvalue weighted by molar-refractivity contribution is 0.104.